The van der Waals surface area contributed by atoms with Gasteiger partial charge in [-0.05, 0) is 24.3 Å². The van der Waals surface area contributed by atoms with Crippen LogP contribution in [0.2, 0.25) is 0 Å². The number of nitrogens with two attached hydrogens (primary N) is 1. The SMILES string of the molecule is Nc1cccc(NCC(O)COc2n[nH]c(=O)c3ccccc23)n1. The number of H-pyrrole nitrogens is 1. The van der Waals surface area contributed by atoms with Crippen molar-refractivity contribution in [2.24, 2.45) is 0 Å². The van der Waals surface area contributed by atoms with Crippen LogP contribution in [0.4, 0.5) is 11.6 Å². The van der Waals surface area contributed by atoms with Crippen molar-refractivity contribution in [2.45, 2.75) is 6.10 Å². The molecule has 1 unspecified atom stereocenters. The molecule has 0 fully saturated rings. The van der Waals surface area contributed by atoms with Crippen molar-refractivity contribution in [3.8, 4) is 5.88 Å². The predicted molar refractivity (Wildman–Crippen MR) is 91.0 cm³/mol. The van der Waals surface area contributed by atoms with Gasteiger partial charge in [0, 0.05) is 6.54 Å². The molecule has 8 heteroatoms. The molecule has 0 saturated carbocycles. The Morgan fingerprint density at radius 1 is 1.21 bits per heavy atom. The number of nitrogen functional groups attached to an aromatic ring is 1. The standard InChI is InChI=1S/C16H17N5O3/c17-13-6-3-7-14(19-13)18-8-10(22)9-24-16-12-5-2-1-4-11(12)15(23)20-21-16/h1-7,10,22H,8-9H2,(H,20,23)(H3,17,18,19). The van der Waals surface area contributed by atoms with Crippen LogP contribution in [0.1, 0.15) is 0 Å². The first kappa shape index (κ1) is 15.8. The van der Waals surface area contributed by atoms with Crippen LogP contribution < -0.4 is 21.3 Å². The van der Waals surface area contributed by atoms with Gasteiger partial charge in [0.1, 0.15) is 24.3 Å². The maximum Gasteiger partial charge on any atom is 0.272 e. The third-order valence-corrected chi connectivity index (χ3v) is 3.36. The van der Waals surface area contributed by atoms with E-state index in [0.717, 1.165) is 0 Å². The van der Waals surface area contributed by atoms with Crippen LogP contribution in [0.15, 0.2) is 47.3 Å². The topological polar surface area (TPSA) is 126 Å². The van der Waals surface area contributed by atoms with Gasteiger partial charge in [-0.1, -0.05) is 18.2 Å². The fraction of sp³-hybridized carbons (Fsp3) is 0.188. The van der Waals surface area contributed by atoms with Crippen molar-refractivity contribution >= 4 is 22.4 Å². The quantitative estimate of drug-likeness (QED) is 0.526. The van der Waals surface area contributed by atoms with Crippen LogP contribution in [0.25, 0.3) is 10.8 Å². The normalized spacial score (nSPS) is 12.0. The number of ether oxygens (including phenoxy) is 1. The number of benzene rings is 1. The summed E-state index contributed by atoms with van der Waals surface area (Å²) in [6.45, 7) is 0.246. The molecule has 2 aromatic heterocycles. The minimum absolute atomic E-state index is 0.0123. The number of fused-ring (bicyclic) bond motifs is 1. The Morgan fingerprint density at radius 3 is 2.79 bits per heavy atom. The van der Waals surface area contributed by atoms with Crippen molar-refractivity contribution in [3.63, 3.8) is 0 Å². The van der Waals surface area contributed by atoms with Crippen LogP contribution in [-0.4, -0.2) is 39.5 Å². The maximum absolute atomic E-state index is 11.7. The lowest BCUT2D eigenvalue weighted by atomic mass is 10.2. The molecule has 1 aromatic carbocycles. The van der Waals surface area contributed by atoms with E-state index in [0.29, 0.717) is 22.4 Å². The second-order valence-corrected chi connectivity index (χ2v) is 5.20. The highest BCUT2D eigenvalue weighted by Gasteiger charge is 2.10. The maximum atomic E-state index is 11.7. The zero-order valence-corrected chi connectivity index (χ0v) is 12.8. The number of nitrogens with one attached hydrogen (secondary N) is 2. The summed E-state index contributed by atoms with van der Waals surface area (Å²) >= 11 is 0. The summed E-state index contributed by atoms with van der Waals surface area (Å²) in [5.74, 6) is 1.24. The number of hydrogen-bond donors (Lipinski definition) is 4. The largest absolute Gasteiger partial charge is 0.473 e. The Labute approximate surface area is 137 Å². The molecule has 0 amide bonds. The minimum atomic E-state index is -0.791. The van der Waals surface area contributed by atoms with Gasteiger partial charge in [-0.15, -0.1) is 5.10 Å². The van der Waals surface area contributed by atoms with Crippen molar-refractivity contribution < 1.29 is 9.84 Å². The molecule has 24 heavy (non-hydrogen) atoms. The summed E-state index contributed by atoms with van der Waals surface area (Å²) < 4.78 is 5.53. The summed E-state index contributed by atoms with van der Waals surface area (Å²) in [5.41, 5.74) is 5.30. The van der Waals surface area contributed by atoms with Crippen molar-refractivity contribution in [1.29, 1.82) is 0 Å². The third kappa shape index (κ3) is 3.61. The summed E-state index contributed by atoms with van der Waals surface area (Å²) in [5, 5.41) is 20.3. The lowest BCUT2D eigenvalue weighted by molar-refractivity contribution is 0.115. The molecule has 5 N–H and O–H groups in total. The Morgan fingerprint density at radius 2 is 2.00 bits per heavy atom. The molecule has 0 spiro atoms. The van der Waals surface area contributed by atoms with E-state index in [1.165, 1.54) is 0 Å². The van der Waals surface area contributed by atoms with Gasteiger partial charge in [0.25, 0.3) is 5.56 Å². The molecular formula is C16H17N5O3. The highest BCUT2D eigenvalue weighted by atomic mass is 16.5. The number of nitrogens with zero attached hydrogens (tertiary/aromatic N) is 2. The molecule has 0 bridgehead atoms. The number of aromatic amines is 1. The van der Waals surface area contributed by atoms with Crippen LogP contribution in [0.5, 0.6) is 5.88 Å². The second-order valence-electron chi connectivity index (χ2n) is 5.20. The van der Waals surface area contributed by atoms with Crippen LogP contribution in [-0.2, 0) is 0 Å². The highest BCUT2D eigenvalue weighted by Crippen LogP contribution is 2.19. The van der Waals surface area contributed by atoms with Crippen LogP contribution in [0, 0.1) is 0 Å². The van der Waals surface area contributed by atoms with Crippen molar-refractivity contribution in [3.05, 3.63) is 52.8 Å². The predicted octanol–water partition coefficient (Wildman–Crippen LogP) is 0.752. The molecule has 0 saturated heterocycles. The molecule has 124 valence electrons. The minimum Gasteiger partial charge on any atom is -0.473 e. The van der Waals surface area contributed by atoms with Gasteiger partial charge in [0.05, 0.1) is 10.8 Å². The number of hydrogen-bond acceptors (Lipinski definition) is 7. The average Bonchev–Trinajstić information content (AvgIpc) is 2.60. The molecule has 8 nitrogen and oxygen atoms in total. The Hall–Kier alpha value is -3.13. The number of aliphatic hydroxyl groups is 1. The Kier molecular flexibility index (Phi) is 4.57. The molecule has 0 aliphatic carbocycles. The fourth-order valence-corrected chi connectivity index (χ4v) is 2.21. The smallest absolute Gasteiger partial charge is 0.272 e. The highest BCUT2D eigenvalue weighted by molar-refractivity contribution is 5.85. The van der Waals surface area contributed by atoms with E-state index >= 15 is 0 Å². The second kappa shape index (κ2) is 6.97. The van der Waals surface area contributed by atoms with E-state index in [4.69, 9.17) is 10.5 Å². The zero-order valence-electron chi connectivity index (χ0n) is 12.8. The third-order valence-electron chi connectivity index (χ3n) is 3.36. The number of rotatable bonds is 6. The Bertz CT molecular complexity index is 896. The summed E-state index contributed by atoms with van der Waals surface area (Å²) in [6, 6.07) is 12.2. The van der Waals surface area contributed by atoms with Crippen LogP contribution >= 0.6 is 0 Å². The first-order valence-electron chi connectivity index (χ1n) is 7.38. The fourth-order valence-electron chi connectivity index (χ4n) is 2.21. The number of anilines is 2. The first-order chi connectivity index (χ1) is 11.6. The van der Waals surface area contributed by atoms with Gasteiger partial charge in [-0.3, -0.25) is 4.79 Å². The van der Waals surface area contributed by atoms with E-state index < -0.39 is 6.10 Å². The van der Waals surface area contributed by atoms with Gasteiger partial charge in [-0.25, -0.2) is 10.1 Å². The molecule has 3 aromatic rings. The van der Waals surface area contributed by atoms with Gasteiger partial charge in [0.15, 0.2) is 0 Å². The molecule has 2 heterocycles. The molecule has 0 aliphatic rings. The number of aliphatic hydroxyl groups excluding tert-OH is 1. The average molecular weight is 327 g/mol. The lowest BCUT2D eigenvalue weighted by Crippen LogP contribution is -2.27. The van der Waals surface area contributed by atoms with E-state index in [1.807, 2.05) is 0 Å². The number of pyridine rings is 1. The molecule has 1 atom stereocenters. The van der Waals surface area contributed by atoms with Crippen LogP contribution in [0.3, 0.4) is 0 Å². The first-order valence-corrected chi connectivity index (χ1v) is 7.38. The molecule has 0 aliphatic heterocycles. The summed E-state index contributed by atoms with van der Waals surface area (Å²) in [7, 11) is 0. The number of aromatic nitrogens is 3. The monoisotopic (exact) mass is 327 g/mol. The molecule has 3 rings (SSSR count). The molecular weight excluding hydrogens is 310 g/mol. The van der Waals surface area contributed by atoms with E-state index in [-0.39, 0.29) is 24.6 Å². The van der Waals surface area contributed by atoms with Crippen molar-refractivity contribution in [1.82, 2.24) is 15.2 Å². The van der Waals surface area contributed by atoms with E-state index in [1.54, 1.807) is 42.5 Å². The lowest BCUT2D eigenvalue weighted by Gasteiger charge is -2.14. The molecule has 0 radical (unpaired) electrons. The van der Waals surface area contributed by atoms with Gasteiger partial charge >= 0.3 is 0 Å². The summed E-state index contributed by atoms with van der Waals surface area (Å²) in [4.78, 5) is 15.8. The van der Waals surface area contributed by atoms with Gasteiger partial charge in [0.2, 0.25) is 5.88 Å². The zero-order chi connectivity index (χ0) is 16.9. The Balaban J connectivity index is 1.61. The van der Waals surface area contributed by atoms with E-state index in [2.05, 4.69) is 20.5 Å². The van der Waals surface area contributed by atoms with Gasteiger partial charge < -0.3 is 20.9 Å². The van der Waals surface area contributed by atoms with Gasteiger partial charge in [-0.2, -0.15) is 0 Å². The van der Waals surface area contributed by atoms with E-state index in [9.17, 15) is 9.90 Å². The summed E-state index contributed by atoms with van der Waals surface area (Å²) in [6.07, 6.45) is -0.791. The van der Waals surface area contributed by atoms with Crippen molar-refractivity contribution in [2.75, 3.05) is 24.2 Å².